The van der Waals surface area contributed by atoms with Crippen molar-refractivity contribution in [2.24, 2.45) is 0 Å². The summed E-state index contributed by atoms with van der Waals surface area (Å²) in [6, 6.07) is 19.2. The van der Waals surface area contributed by atoms with Gasteiger partial charge in [-0.3, -0.25) is 0 Å². The van der Waals surface area contributed by atoms with Gasteiger partial charge in [-0.15, -0.1) is 23.5 Å². The van der Waals surface area contributed by atoms with E-state index in [-0.39, 0.29) is 31.3 Å². The fourth-order valence-electron chi connectivity index (χ4n) is 4.57. The lowest BCUT2D eigenvalue weighted by Crippen LogP contribution is -2.20. The van der Waals surface area contributed by atoms with Gasteiger partial charge >= 0.3 is 24.3 Å². The van der Waals surface area contributed by atoms with E-state index in [0.29, 0.717) is 29.6 Å². The van der Waals surface area contributed by atoms with Crippen LogP contribution in [0, 0.1) is 13.8 Å². The van der Waals surface area contributed by atoms with Crippen molar-refractivity contribution in [1.82, 2.24) is 0 Å². The van der Waals surface area contributed by atoms with Crippen molar-refractivity contribution in [2.45, 2.75) is 55.1 Å². The minimum absolute atomic E-state index is 0.0436. The monoisotopic (exact) mass is 860 g/mol. The van der Waals surface area contributed by atoms with Crippen molar-refractivity contribution in [1.29, 1.82) is 0 Å². The summed E-state index contributed by atoms with van der Waals surface area (Å²) in [6.45, 7) is 4.95. The van der Waals surface area contributed by atoms with Gasteiger partial charge in [-0.25, -0.2) is 9.59 Å². The number of carbonyl (C=O) groups excluding carboxylic acids is 1. The molecule has 2 atom stereocenters. The number of benzene rings is 4. The summed E-state index contributed by atoms with van der Waals surface area (Å²) in [5.74, 6) is 0.689. The molecule has 10 nitrogen and oxygen atoms in total. The number of alkyl halides is 6. The molecule has 0 spiro atoms. The molecule has 0 fully saturated rings. The van der Waals surface area contributed by atoms with Gasteiger partial charge < -0.3 is 39.0 Å². The molecular formula is C40H42F6O10S2. The maximum atomic E-state index is 12.5. The summed E-state index contributed by atoms with van der Waals surface area (Å²) < 4.78 is 101. The first-order chi connectivity index (χ1) is 27.3. The quantitative estimate of drug-likeness (QED) is 0.0473. The van der Waals surface area contributed by atoms with Crippen molar-refractivity contribution in [2.75, 3.05) is 44.5 Å². The first kappa shape index (κ1) is 47.6. The first-order valence-corrected chi connectivity index (χ1v) is 19.4. The molecule has 58 heavy (non-hydrogen) atoms. The molecule has 0 bridgehead atoms. The molecule has 0 radical (unpaired) electrons. The lowest BCUT2D eigenvalue weighted by Gasteiger charge is -2.14. The topological polar surface area (TPSA) is 141 Å². The van der Waals surface area contributed by atoms with Crippen LogP contribution < -0.4 is 18.9 Å². The Bertz CT molecular complexity index is 1890. The highest BCUT2D eigenvalue weighted by Crippen LogP contribution is 2.32. The summed E-state index contributed by atoms with van der Waals surface area (Å²) in [4.78, 5) is 23.6. The number of ether oxygens (including phenoxy) is 5. The molecule has 0 aliphatic carbocycles. The molecule has 0 aliphatic rings. The molecule has 0 unspecified atom stereocenters. The van der Waals surface area contributed by atoms with Crippen LogP contribution in [0.5, 0.6) is 23.0 Å². The highest BCUT2D eigenvalue weighted by Gasteiger charge is 2.31. The SMILES string of the molecule is CCOC(=O)COc1ccc(SC[C@H](O)COc2ccc(C(F)(F)F)cc2)cc1C.Cc1cc(SC[C@H](O)COc2ccc(C(F)(F)F)cc2)ccc1OCC(=O)O. The Balaban J connectivity index is 0.000000311. The molecule has 0 saturated heterocycles. The van der Waals surface area contributed by atoms with Crippen LogP contribution >= 0.6 is 23.5 Å². The zero-order valence-electron chi connectivity index (χ0n) is 31.5. The Kier molecular flexibility index (Phi) is 18.9. The fraction of sp³-hybridized carbons (Fsp3) is 0.350. The number of carboxylic acids is 1. The second kappa shape index (κ2) is 23.0. The number of esters is 1. The van der Waals surface area contributed by atoms with E-state index in [4.69, 9.17) is 28.8 Å². The number of rotatable bonds is 19. The number of hydrogen-bond donors (Lipinski definition) is 3. The van der Waals surface area contributed by atoms with Crippen LogP contribution in [0.25, 0.3) is 0 Å². The van der Waals surface area contributed by atoms with Crippen LogP contribution in [0.2, 0.25) is 0 Å². The zero-order chi connectivity index (χ0) is 42.9. The minimum Gasteiger partial charge on any atom is -0.491 e. The van der Waals surface area contributed by atoms with Crippen molar-refractivity contribution < 1.29 is 74.9 Å². The average molecular weight is 861 g/mol. The number of thioether (sulfide) groups is 2. The molecule has 4 aromatic rings. The summed E-state index contributed by atoms with van der Waals surface area (Å²) in [7, 11) is 0. The van der Waals surface area contributed by atoms with E-state index < -0.39 is 54.2 Å². The fourth-order valence-corrected chi connectivity index (χ4v) is 6.38. The van der Waals surface area contributed by atoms with E-state index in [2.05, 4.69) is 0 Å². The Morgan fingerprint density at radius 2 is 1.02 bits per heavy atom. The van der Waals surface area contributed by atoms with Crippen LogP contribution in [0.4, 0.5) is 26.3 Å². The van der Waals surface area contributed by atoms with Crippen LogP contribution in [0.1, 0.15) is 29.2 Å². The number of carbonyl (C=O) groups is 2. The van der Waals surface area contributed by atoms with Crippen LogP contribution in [-0.2, 0) is 26.7 Å². The third-order valence-corrected chi connectivity index (χ3v) is 9.71. The third kappa shape index (κ3) is 17.4. The van der Waals surface area contributed by atoms with E-state index >= 15 is 0 Å². The third-order valence-electron chi connectivity index (χ3n) is 7.43. The molecule has 18 heteroatoms. The average Bonchev–Trinajstić information content (AvgIpc) is 3.17. The number of aliphatic hydroxyl groups excluding tert-OH is 2. The Hall–Kier alpha value is -4.78. The maximum Gasteiger partial charge on any atom is 0.416 e. The maximum absolute atomic E-state index is 12.5. The highest BCUT2D eigenvalue weighted by atomic mass is 32.2. The van der Waals surface area contributed by atoms with Gasteiger partial charge in [-0.1, -0.05) is 0 Å². The van der Waals surface area contributed by atoms with Crippen molar-refractivity contribution in [3.8, 4) is 23.0 Å². The zero-order valence-corrected chi connectivity index (χ0v) is 33.1. The van der Waals surface area contributed by atoms with E-state index in [9.17, 15) is 46.1 Å². The van der Waals surface area contributed by atoms with E-state index in [1.165, 1.54) is 47.8 Å². The van der Waals surface area contributed by atoms with E-state index in [0.717, 1.165) is 45.2 Å². The summed E-state index contributed by atoms with van der Waals surface area (Å²) in [6.07, 6.45) is -10.4. The van der Waals surface area contributed by atoms with Gasteiger partial charge in [0.25, 0.3) is 0 Å². The van der Waals surface area contributed by atoms with Crippen LogP contribution in [0.3, 0.4) is 0 Å². The molecule has 4 aromatic carbocycles. The molecule has 3 N–H and O–H groups in total. The number of halogens is 6. The predicted octanol–water partition coefficient (Wildman–Crippen LogP) is 8.50. The van der Waals surface area contributed by atoms with E-state index in [1.807, 2.05) is 25.1 Å². The lowest BCUT2D eigenvalue weighted by atomic mass is 10.2. The normalized spacial score (nSPS) is 12.4. The first-order valence-electron chi connectivity index (χ1n) is 17.4. The van der Waals surface area contributed by atoms with Crippen molar-refractivity contribution >= 4 is 35.5 Å². The highest BCUT2D eigenvalue weighted by molar-refractivity contribution is 7.99. The number of hydrogen-bond acceptors (Lipinski definition) is 11. The molecule has 0 amide bonds. The summed E-state index contributed by atoms with van der Waals surface area (Å²) in [5, 5.41) is 28.7. The van der Waals surface area contributed by atoms with Gasteiger partial charge in [0.2, 0.25) is 0 Å². The predicted molar refractivity (Wildman–Crippen MR) is 205 cm³/mol. The van der Waals surface area contributed by atoms with Crippen molar-refractivity contribution in [3.63, 3.8) is 0 Å². The van der Waals surface area contributed by atoms with Gasteiger partial charge in [-0.2, -0.15) is 26.3 Å². The van der Waals surface area contributed by atoms with Crippen LogP contribution in [0.15, 0.2) is 94.7 Å². The summed E-state index contributed by atoms with van der Waals surface area (Å²) in [5.41, 5.74) is 0.0830. The van der Waals surface area contributed by atoms with E-state index in [1.54, 1.807) is 32.0 Å². The molecule has 316 valence electrons. The lowest BCUT2D eigenvalue weighted by molar-refractivity contribution is -0.145. The van der Waals surface area contributed by atoms with Gasteiger partial charge in [0.05, 0.1) is 29.9 Å². The second-order valence-electron chi connectivity index (χ2n) is 12.2. The van der Waals surface area contributed by atoms with Gasteiger partial charge in [-0.05, 0) is 117 Å². The molecule has 0 saturated carbocycles. The molecule has 4 rings (SSSR count). The smallest absolute Gasteiger partial charge is 0.416 e. The van der Waals surface area contributed by atoms with Gasteiger partial charge in [0, 0.05) is 21.3 Å². The van der Waals surface area contributed by atoms with Gasteiger partial charge in [0.1, 0.15) is 36.2 Å². The molecule has 0 heterocycles. The molecular weight excluding hydrogens is 819 g/mol. The van der Waals surface area contributed by atoms with Crippen LogP contribution in [-0.4, -0.2) is 84.0 Å². The van der Waals surface area contributed by atoms with Gasteiger partial charge in [0.15, 0.2) is 13.2 Å². The Morgan fingerprint density at radius 1 is 0.621 bits per heavy atom. The Labute approximate surface area is 339 Å². The molecule has 0 aliphatic heterocycles. The number of aryl methyl sites for hydroxylation is 2. The number of carboxylic acid groups (broad SMARTS) is 1. The summed E-state index contributed by atoms with van der Waals surface area (Å²) >= 11 is 2.77. The largest absolute Gasteiger partial charge is 0.491 e. The number of aliphatic carboxylic acids is 1. The second-order valence-corrected chi connectivity index (χ2v) is 14.4. The standard InChI is InChI=1S/C21H23F3O5S.C19H19F3O5S/c1-3-27-20(26)12-29-19-9-8-18(10-14(19)2)30-13-16(25)11-28-17-6-4-15(5-7-17)21(22,23)24;1-12-8-16(6-7-17(12)27-10-18(24)25)28-11-14(23)9-26-15-4-2-13(3-5-15)19(20,21)22/h4-10,16,25H,3,11-13H2,1-2H3;2-8,14,23H,9-11H2,1H3,(H,24,25)/t16-;14-/m11/s1. The number of aliphatic hydroxyl groups is 2. The minimum atomic E-state index is -4.40. The molecule has 0 aromatic heterocycles. The Morgan fingerprint density at radius 3 is 1.36 bits per heavy atom. The van der Waals surface area contributed by atoms with Crippen molar-refractivity contribution in [3.05, 3.63) is 107 Å².